The van der Waals surface area contributed by atoms with Crippen molar-refractivity contribution in [3.63, 3.8) is 0 Å². The molecule has 0 atom stereocenters. The molecule has 0 heterocycles. The van der Waals surface area contributed by atoms with E-state index in [0.717, 1.165) is 31.3 Å². The van der Waals surface area contributed by atoms with E-state index in [9.17, 15) is 18.5 Å². The van der Waals surface area contributed by atoms with Gasteiger partial charge < -0.3 is 19.5 Å². The SMILES string of the molecule is O=C(O)C(F)(CCOC(=C1C2CC3CC(C2)CC1C3)c1cccc(OP(=O)(O)O)c1)C(=O)O. The molecule has 4 aliphatic rings. The molecule has 0 saturated heterocycles. The molecule has 1 aromatic rings. The summed E-state index contributed by atoms with van der Waals surface area (Å²) in [6.45, 7) is -0.496. The Labute approximate surface area is 189 Å². The molecule has 33 heavy (non-hydrogen) atoms. The fourth-order valence-electron chi connectivity index (χ4n) is 5.83. The van der Waals surface area contributed by atoms with E-state index in [0.29, 0.717) is 23.2 Å². The fraction of sp³-hybridized carbons (Fsp3) is 0.545. The third-order valence-electron chi connectivity index (χ3n) is 6.97. The minimum atomic E-state index is -4.79. The number of hydrogen-bond donors (Lipinski definition) is 4. The first-order valence-electron chi connectivity index (χ1n) is 10.8. The zero-order valence-corrected chi connectivity index (χ0v) is 18.6. The maximum Gasteiger partial charge on any atom is 0.524 e. The van der Waals surface area contributed by atoms with E-state index in [1.165, 1.54) is 24.6 Å². The number of ether oxygens (including phenoxy) is 1. The van der Waals surface area contributed by atoms with Crippen LogP contribution in [0, 0.1) is 23.7 Å². The molecule has 4 aliphatic carbocycles. The Bertz CT molecular complexity index is 986. The Balaban J connectivity index is 1.67. The van der Waals surface area contributed by atoms with Crippen molar-refractivity contribution in [2.45, 2.75) is 44.2 Å². The van der Waals surface area contributed by atoms with Crippen molar-refractivity contribution in [1.29, 1.82) is 0 Å². The molecule has 0 radical (unpaired) electrons. The van der Waals surface area contributed by atoms with Crippen LogP contribution < -0.4 is 4.52 Å². The molecule has 11 heteroatoms. The van der Waals surface area contributed by atoms with E-state index >= 15 is 0 Å². The second kappa shape index (κ2) is 8.74. The summed E-state index contributed by atoms with van der Waals surface area (Å²) in [6.07, 6.45) is 4.28. The van der Waals surface area contributed by atoms with Crippen molar-refractivity contribution < 1.29 is 47.8 Å². The third kappa shape index (κ3) is 4.93. The average Bonchev–Trinajstić information content (AvgIpc) is 2.70. The highest BCUT2D eigenvalue weighted by Gasteiger charge is 2.49. The monoisotopic (exact) mass is 484 g/mol. The van der Waals surface area contributed by atoms with Crippen molar-refractivity contribution in [2.75, 3.05) is 6.61 Å². The van der Waals surface area contributed by atoms with Gasteiger partial charge in [-0.05, 0) is 73.5 Å². The second-order valence-electron chi connectivity index (χ2n) is 9.21. The lowest BCUT2D eigenvalue weighted by Gasteiger charge is -2.51. The van der Waals surface area contributed by atoms with Gasteiger partial charge in [-0.1, -0.05) is 12.1 Å². The molecule has 4 saturated carbocycles. The van der Waals surface area contributed by atoms with Gasteiger partial charge in [0.05, 0.1) is 6.61 Å². The number of aliphatic carboxylic acids is 2. The summed E-state index contributed by atoms with van der Waals surface area (Å²) in [5.74, 6) is -2.12. The van der Waals surface area contributed by atoms with Crippen molar-refractivity contribution in [2.24, 2.45) is 23.7 Å². The average molecular weight is 484 g/mol. The second-order valence-corrected chi connectivity index (χ2v) is 10.4. The van der Waals surface area contributed by atoms with Gasteiger partial charge in [0.2, 0.25) is 0 Å². The van der Waals surface area contributed by atoms with Gasteiger partial charge in [0, 0.05) is 12.0 Å². The van der Waals surface area contributed by atoms with Gasteiger partial charge in [-0.25, -0.2) is 18.5 Å². The molecule has 0 spiro atoms. The van der Waals surface area contributed by atoms with E-state index in [4.69, 9.17) is 29.3 Å². The molecule has 180 valence electrons. The van der Waals surface area contributed by atoms with Crippen LogP contribution in [0.4, 0.5) is 4.39 Å². The van der Waals surface area contributed by atoms with Crippen molar-refractivity contribution in [1.82, 2.24) is 0 Å². The van der Waals surface area contributed by atoms with Gasteiger partial charge >= 0.3 is 25.4 Å². The quantitative estimate of drug-likeness (QED) is 0.234. The molecule has 0 unspecified atom stereocenters. The molecular formula is C22H26FO9P. The Morgan fingerprint density at radius 2 is 1.61 bits per heavy atom. The van der Waals surface area contributed by atoms with E-state index in [2.05, 4.69) is 0 Å². The number of carboxylic acid groups (broad SMARTS) is 2. The fourth-order valence-corrected chi connectivity index (χ4v) is 6.21. The van der Waals surface area contributed by atoms with E-state index in [1.54, 1.807) is 6.07 Å². The first-order valence-corrected chi connectivity index (χ1v) is 12.4. The number of halogens is 1. The molecule has 9 nitrogen and oxygen atoms in total. The normalized spacial score (nSPS) is 26.2. The summed E-state index contributed by atoms with van der Waals surface area (Å²) < 4.78 is 36.3. The van der Waals surface area contributed by atoms with Gasteiger partial charge in [0.1, 0.15) is 11.5 Å². The lowest BCUT2D eigenvalue weighted by molar-refractivity contribution is -0.168. The van der Waals surface area contributed by atoms with Crippen LogP contribution in [-0.4, -0.2) is 44.2 Å². The van der Waals surface area contributed by atoms with Crippen molar-refractivity contribution in [3.8, 4) is 5.75 Å². The highest BCUT2D eigenvalue weighted by molar-refractivity contribution is 7.46. The van der Waals surface area contributed by atoms with Crippen LogP contribution >= 0.6 is 7.82 Å². The number of carbonyl (C=O) groups is 2. The van der Waals surface area contributed by atoms with Crippen LogP contribution in [0.5, 0.6) is 5.75 Å². The Hall–Kier alpha value is -2.42. The Morgan fingerprint density at radius 3 is 2.12 bits per heavy atom. The standard InChI is InChI=1S/C22H26FO9P/c23-22(20(24)25,21(26)27)4-5-31-19(14-2-1-3-17(11-14)32-33(28,29)30)18-15-7-12-6-13(9-15)10-16(18)8-12/h1-3,11-13,15-16H,4-10H2,(H,24,25)(H,26,27)(H2,28,29,30). The number of allylic oxidation sites excluding steroid dienone is 1. The van der Waals surface area contributed by atoms with Gasteiger partial charge in [-0.15, -0.1) is 0 Å². The van der Waals surface area contributed by atoms with E-state index in [-0.39, 0.29) is 17.6 Å². The van der Waals surface area contributed by atoms with Crippen molar-refractivity contribution >= 4 is 25.5 Å². The van der Waals surface area contributed by atoms with E-state index in [1.807, 2.05) is 0 Å². The van der Waals surface area contributed by atoms with E-state index < -0.39 is 38.5 Å². The number of benzene rings is 1. The smallest absolute Gasteiger partial charge is 0.493 e. The highest BCUT2D eigenvalue weighted by atomic mass is 31.2. The number of alkyl halides is 1. The molecule has 4 fully saturated rings. The minimum absolute atomic E-state index is 0.0812. The number of rotatable bonds is 9. The van der Waals surface area contributed by atoms with Gasteiger partial charge in [0.15, 0.2) is 0 Å². The number of phosphoric acid groups is 1. The molecule has 4 N–H and O–H groups in total. The zero-order valence-electron chi connectivity index (χ0n) is 17.7. The summed E-state index contributed by atoms with van der Waals surface area (Å²) in [4.78, 5) is 40.6. The Kier molecular flexibility index (Phi) is 6.28. The van der Waals surface area contributed by atoms with Gasteiger partial charge in [-0.3, -0.25) is 9.79 Å². The maximum atomic E-state index is 14.5. The first-order chi connectivity index (χ1) is 15.5. The lowest BCUT2D eigenvalue weighted by Crippen LogP contribution is -2.43. The van der Waals surface area contributed by atoms with Crippen LogP contribution in [-0.2, 0) is 18.9 Å². The summed E-state index contributed by atoms with van der Waals surface area (Å²) >= 11 is 0. The molecule has 4 bridgehead atoms. The predicted molar refractivity (Wildman–Crippen MR) is 113 cm³/mol. The number of phosphoric ester groups is 1. The molecule has 5 rings (SSSR count). The lowest BCUT2D eigenvalue weighted by atomic mass is 9.54. The summed E-state index contributed by atoms with van der Waals surface area (Å²) in [5, 5.41) is 18.1. The third-order valence-corrected chi connectivity index (χ3v) is 7.42. The zero-order chi connectivity index (χ0) is 24.0. The topological polar surface area (TPSA) is 151 Å². The first kappa shape index (κ1) is 23.7. The largest absolute Gasteiger partial charge is 0.524 e. The molecular weight excluding hydrogens is 458 g/mol. The van der Waals surface area contributed by atoms with Crippen LogP contribution in [0.1, 0.15) is 44.1 Å². The van der Waals surface area contributed by atoms with Gasteiger partial charge in [0.25, 0.3) is 0 Å². The highest BCUT2D eigenvalue weighted by Crippen LogP contribution is 2.58. The molecule has 0 amide bonds. The summed E-state index contributed by atoms with van der Waals surface area (Å²) in [7, 11) is -4.79. The molecule has 0 aliphatic heterocycles. The number of hydrogen-bond acceptors (Lipinski definition) is 5. The van der Waals surface area contributed by atoms with Crippen LogP contribution in [0.2, 0.25) is 0 Å². The molecule has 1 aromatic carbocycles. The molecule has 0 aromatic heterocycles. The number of carboxylic acids is 2. The van der Waals surface area contributed by atoms with Crippen LogP contribution in [0.15, 0.2) is 29.8 Å². The summed E-state index contributed by atoms with van der Waals surface area (Å²) in [6, 6.07) is 5.98. The van der Waals surface area contributed by atoms with Crippen molar-refractivity contribution in [3.05, 3.63) is 35.4 Å². The maximum absolute atomic E-state index is 14.5. The van der Waals surface area contributed by atoms with Gasteiger partial charge in [-0.2, -0.15) is 0 Å². The predicted octanol–water partition coefficient (Wildman–Crippen LogP) is 3.61. The Morgan fingerprint density at radius 1 is 1.03 bits per heavy atom. The minimum Gasteiger partial charge on any atom is -0.493 e. The van der Waals surface area contributed by atoms with Crippen LogP contribution in [0.3, 0.4) is 0 Å². The van der Waals surface area contributed by atoms with Crippen LogP contribution in [0.25, 0.3) is 5.76 Å². The summed E-state index contributed by atoms with van der Waals surface area (Å²) in [5.41, 5.74) is -1.99.